The van der Waals surface area contributed by atoms with E-state index in [1.165, 1.54) is 0 Å². The Kier molecular flexibility index (Phi) is 5.12. The number of hydrogen-bond acceptors (Lipinski definition) is 6. The van der Waals surface area contributed by atoms with Crippen molar-refractivity contribution in [1.29, 1.82) is 0 Å². The van der Waals surface area contributed by atoms with Crippen molar-refractivity contribution in [3.05, 3.63) is 88.7 Å². The predicted octanol–water partition coefficient (Wildman–Crippen LogP) is 6.09. The Hall–Kier alpha value is -4.21. The number of ether oxygens (including phenoxy) is 1. The maximum Gasteiger partial charge on any atom is 0.416 e. The maximum absolute atomic E-state index is 12.7. The molecule has 4 aromatic rings. The molecule has 156 valence electrons. The third-order valence-corrected chi connectivity index (χ3v) is 4.40. The Morgan fingerprint density at radius 1 is 0.935 bits per heavy atom. The van der Waals surface area contributed by atoms with Crippen LogP contribution in [0.3, 0.4) is 0 Å². The van der Waals surface area contributed by atoms with E-state index in [1.54, 1.807) is 24.3 Å². The van der Waals surface area contributed by atoms with Gasteiger partial charge in [0, 0.05) is 11.1 Å². The molecule has 31 heavy (non-hydrogen) atoms. The van der Waals surface area contributed by atoms with Crippen molar-refractivity contribution in [3.8, 4) is 11.6 Å². The van der Waals surface area contributed by atoms with E-state index in [9.17, 15) is 23.3 Å². The van der Waals surface area contributed by atoms with Crippen LogP contribution < -0.4 is 10.1 Å². The number of fused-ring (bicyclic) bond motifs is 1. The van der Waals surface area contributed by atoms with Crippen LogP contribution in [0, 0.1) is 10.1 Å². The van der Waals surface area contributed by atoms with Crippen LogP contribution in [0.25, 0.3) is 10.8 Å². The zero-order chi connectivity index (χ0) is 22.0. The Labute approximate surface area is 173 Å². The van der Waals surface area contributed by atoms with Gasteiger partial charge in [0.25, 0.3) is 0 Å². The summed E-state index contributed by atoms with van der Waals surface area (Å²) >= 11 is 0. The summed E-state index contributed by atoms with van der Waals surface area (Å²) in [6.07, 6.45) is -3.42. The molecule has 1 aromatic heterocycles. The summed E-state index contributed by atoms with van der Waals surface area (Å²) in [7, 11) is 0. The van der Waals surface area contributed by atoms with Crippen LogP contribution >= 0.6 is 0 Å². The largest absolute Gasteiger partial charge is 0.433 e. The fraction of sp³-hybridized carbons (Fsp3) is 0.0476. The molecule has 0 unspecified atom stereocenters. The first-order chi connectivity index (χ1) is 14.8. The smallest absolute Gasteiger partial charge is 0.416 e. The van der Waals surface area contributed by atoms with Gasteiger partial charge < -0.3 is 10.1 Å². The number of alkyl halides is 3. The number of halogens is 3. The third-order valence-electron chi connectivity index (χ3n) is 4.40. The number of aromatic nitrogens is 2. The molecule has 0 spiro atoms. The van der Waals surface area contributed by atoms with Crippen LogP contribution in [-0.2, 0) is 6.18 Å². The highest BCUT2D eigenvalue weighted by atomic mass is 19.4. The minimum absolute atomic E-state index is 0.186. The summed E-state index contributed by atoms with van der Waals surface area (Å²) in [6.45, 7) is 0. The monoisotopic (exact) mass is 426 g/mol. The fourth-order valence-corrected chi connectivity index (χ4v) is 2.96. The Balaban J connectivity index is 1.69. The summed E-state index contributed by atoms with van der Waals surface area (Å²) in [4.78, 5) is 18.8. The highest BCUT2D eigenvalue weighted by Gasteiger charge is 2.30. The van der Waals surface area contributed by atoms with Gasteiger partial charge in [-0.15, -0.1) is 0 Å². The van der Waals surface area contributed by atoms with Crippen molar-refractivity contribution < 1.29 is 22.8 Å². The zero-order valence-corrected chi connectivity index (χ0v) is 15.6. The van der Waals surface area contributed by atoms with Crippen LogP contribution in [-0.4, -0.2) is 14.9 Å². The lowest BCUT2D eigenvalue weighted by Gasteiger charge is -2.11. The first kappa shape index (κ1) is 20.1. The van der Waals surface area contributed by atoms with E-state index in [-0.39, 0.29) is 17.4 Å². The second kappa shape index (κ2) is 7.90. The summed E-state index contributed by atoms with van der Waals surface area (Å²) in [5.74, 6) is -0.152. The molecule has 1 N–H and O–H groups in total. The summed E-state index contributed by atoms with van der Waals surface area (Å²) in [5.41, 5.74) is -1.20. The van der Waals surface area contributed by atoms with Crippen molar-refractivity contribution in [1.82, 2.24) is 9.97 Å². The SMILES string of the molecule is O=[N+]([O-])c1c(Nc2ccc(C(F)(F)F)cc2)ncnc1Oc1cccc2ccccc12. The Bertz CT molecular complexity index is 1260. The van der Waals surface area contributed by atoms with Crippen LogP contribution in [0.5, 0.6) is 11.6 Å². The molecule has 0 aliphatic carbocycles. The molecule has 0 bridgehead atoms. The molecule has 0 saturated heterocycles. The van der Waals surface area contributed by atoms with Crippen LogP contribution in [0.1, 0.15) is 5.56 Å². The molecule has 10 heteroatoms. The molecule has 1 heterocycles. The van der Waals surface area contributed by atoms with Crippen molar-refractivity contribution in [2.24, 2.45) is 0 Å². The molecule has 4 rings (SSSR count). The highest BCUT2D eigenvalue weighted by molar-refractivity contribution is 5.88. The normalized spacial score (nSPS) is 11.3. The van der Waals surface area contributed by atoms with Gasteiger partial charge >= 0.3 is 17.7 Å². The average molecular weight is 426 g/mol. The van der Waals surface area contributed by atoms with E-state index < -0.39 is 22.4 Å². The van der Waals surface area contributed by atoms with Gasteiger partial charge in [0.1, 0.15) is 12.1 Å². The number of nitrogens with zero attached hydrogens (tertiary/aromatic N) is 3. The van der Waals surface area contributed by atoms with E-state index in [4.69, 9.17) is 4.74 Å². The lowest BCUT2D eigenvalue weighted by Crippen LogP contribution is -2.06. The predicted molar refractivity (Wildman–Crippen MR) is 107 cm³/mol. The number of rotatable bonds is 5. The van der Waals surface area contributed by atoms with Gasteiger partial charge in [-0.1, -0.05) is 36.4 Å². The van der Waals surface area contributed by atoms with E-state index in [1.807, 2.05) is 18.2 Å². The van der Waals surface area contributed by atoms with Crippen LogP contribution in [0.2, 0.25) is 0 Å². The van der Waals surface area contributed by atoms with Crippen molar-refractivity contribution in [3.63, 3.8) is 0 Å². The fourth-order valence-electron chi connectivity index (χ4n) is 2.96. The van der Waals surface area contributed by atoms with E-state index in [0.29, 0.717) is 5.75 Å². The molecule has 0 fully saturated rings. The van der Waals surface area contributed by atoms with Crippen molar-refractivity contribution >= 4 is 28.0 Å². The number of nitro groups is 1. The van der Waals surface area contributed by atoms with Crippen LogP contribution in [0.4, 0.5) is 30.4 Å². The van der Waals surface area contributed by atoms with Gasteiger partial charge in [-0.25, -0.2) is 4.98 Å². The molecule has 0 saturated carbocycles. The molecule has 7 nitrogen and oxygen atoms in total. The van der Waals surface area contributed by atoms with Crippen molar-refractivity contribution in [2.45, 2.75) is 6.18 Å². The van der Waals surface area contributed by atoms with E-state index in [0.717, 1.165) is 41.4 Å². The van der Waals surface area contributed by atoms with Crippen LogP contribution in [0.15, 0.2) is 73.1 Å². The third kappa shape index (κ3) is 4.22. The average Bonchev–Trinajstić information content (AvgIpc) is 2.74. The topological polar surface area (TPSA) is 90.2 Å². The maximum atomic E-state index is 12.7. The van der Waals surface area contributed by atoms with Gasteiger partial charge in [-0.3, -0.25) is 10.1 Å². The van der Waals surface area contributed by atoms with Gasteiger partial charge in [0.05, 0.1) is 10.5 Å². The van der Waals surface area contributed by atoms with E-state index >= 15 is 0 Å². The highest BCUT2D eigenvalue weighted by Crippen LogP contribution is 2.38. The quantitative estimate of drug-likeness (QED) is 0.307. The molecular weight excluding hydrogens is 413 g/mol. The minimum atomic E-state index is -4.49. The Morgan fingerprint density at radius 2 is 1.65 bits per heavy atom. The molecule has 0 radical (unpaired) electrons. The first-order valence-corrected chi connectivity index (χ1v) is 8.92. The summed E-state index contributed by atoms with van der Waals surface area (Å²) < 4.78 is 44.0. The molecule has 0 aliphatic rings. The lowest BCUT2D eigenvalue weighted by atomic mass is 10.1. The minimum Gasteiger partial charge on any atom is -0.433 e. The lowest BCUT2D eigenvalue weighted by molar-refractivity contribution is -0.385. The number of anilines is 2. The molecule has 0 aliphatic heterocycles. The van der Waals surface area contributed by atoms with Crippen molar-refractivity contribution in [2.75, 3.05) is 5.32 Å². The molecular formula is C21H13F3N4O3. The first-order valence-electron chi connectivity index (χ1n) is 8.92. The molecule has 3 aromatic carbocycles. The number of nitrogens with one attached hydrogen (secondary N) is 1. The van der Waals surface area contributed by atoms with Gasteiger partial charge in [-0.2, -0.15) is 18.2 Å². The standard InChI is InChI=1S/C21H13F3N4O3/c22-21(23,24)14-8-10-15(11-9-14)27-19-18(28(29)30)20(26-12-25-19)31-17-7-3-5-13-4-1-2-6-16(13)17/h1-12H,(H,25,26,27). The molecule has 0 atom stereocenters. The summed E-state index contributed by atoms with van der Waals surface area (Å²) in [6, 6.07) is 16.6. The zero-order valence-electron chi connectivity index (χ0n) is 15.6. The summed E-state index contributed by atoms with van der Waals surface area (Å²) in [5, 5.41) is 16.0. The molecule has 0 amide bonds. The Morgan fingerprint density at radius 3 is 2.35 bits per heavy atom. The van der Waals surface area contributed by atoms with E-state index in [2.05, 4.69) is 15.3 Å². The van der Waals surface area contributed by atoms with Gasteiger partial charge in [0.15, 0.2) is 0 Å². The second-order valence-corrected chi connectivity index (χ2v) is 6.41. The second-order valence-electron chi connectivity index (χ2n) is 6.41. The number of hydrogen-bond donors (Lipinski definition) is 1. The number of benzene rings is 3. The van der Waals surface area contributed by atoms with Gasteiger partial charge in [-0.05, 0) is 35.7 Å². The van der Waals surface area contributed by atoms with Gasteiger partial charge in [0.2, 0.25) is 5.82 Å².